The Kier molecular flexibility index (Phi) is 3.46. The van der Waals surface area contributed by atoms with E-state index < -0.39 is 0 Å². The first-order chi connectivity index (χ1) is 8.36. The highest BCUT2D eigenvalue weighted by Gasteiger charge is 2.09. The molecule has 0 aliphatic rings. The van der Waals surface area contributed by atoms with Gasteiger partial charge in [0.05, 0.1) is 0 Å². The van der Waals surface area contributed by atoms with Crippen LogP contribution in [0.5, 0.6) is 0 Å². The molecule has 2 aromatic heterocycles. The summed E-state index contributed by atoms with van der Waals surface area (Å²) >= 11 is 0. The lowest BCUT2D eigenvalue weighted by Crippen LogP contribution is -2.07. The molecule has 4 N–H and O–H groups in total. The first-order valence-electron chi connectivity index (χ1n) is 5.26. The van der Waals surface area contributed by atoms with Gasteiger partial charge in [-0.25, -0.2) is 9.98 Å². The Morgan fingerprint density at radius 2 is 2.53 bits per heavy atom. The van der Waals surface area contributed by atoms with Gasteiger partial charge in [-0.1, -0.05) is 0 Å². The zero-order valence-electron chi connectivity index (χ0n) is 9.51. The van der Waals surface area contributed by atoms with Crippen LogP contribution in [0.1, 0.15) is 5.56 Å². The second-order valence-electron chi connectivity index (χ2n) is 3.31. The van der Waals surface area contributed by atoms with Crippen LogP contribution < -0.4 is 11.2 Å². The van der Waals surface area contributed by atoms with Crippen LogP contribution in [-0.2, 0) is 0 Å². The molecule has 17 heavy (non-hydrogen) atoms. The van der Waals surface area contributed by atoms with E-state index in [1.165, 1.54) is 0 Å². The minimum atomic E-state index is 0.378. The third-order valence-electron chi connectivity index (χ3n) is 2.23. The number of nitrogens with two attached hydrogens (primary N) is 1. The Hall–Kier alpha value is -2.21. The number of aromatic amines is 1. The van der Waals surface area contributed by atoms with Crippen LogP contribution >= 0.6 is 0 Å². The SMILES string of the molecule is CN/N=C(\N=CCN)c1c[nH]c2ncccc12. The van der Waals surface area contributed by atoms with Crippen LogP contribution in [0.25, 0.3) is 11.0 Å². The summed E-state index contributed by atoms with van der Waals surface area (Å²) in [4.78, 5) is 11.5. The second-order valence-corrected chi connectivity index (χ2v) is 3.31. The number of H-pyrrole nitrogens is 1. The molecule has 0 spiro atoms. The fourth-order valence-corrected chi connectivity index (χ4v) is 1.54. The highest BCUT2D eigenvalue weighted by atomic mass is 15.3. The van der Waals surface area contributed by atoms with E-state index in [2.05, 4.69) is 25.5 Å². The van der Waals surface area contributed by atoms with Gasteiger partial charge in [-0.05, 0) is 12.1 Å². The Balaban J connectivity index is 2.49. The number of nitrogens with zero attached hydrogens (tertiary/aromatic N) is 3. The molecule has 0 amide bonds. The van der Waals surface area contributed by atoms with Gasteiger partial charge < -0.3 is 16.1 Å². The third-order valence-corrected chi connectivity index (χ3v) is 2.23. The van der Waals surface area contributed by atoms with Gasteiger partial charge in [0.25, 0.3) is 0 Å². The van der Waals surface area contributed by atoms with Gasteiger partial charge in [-0.2, -0.15) is 5.10 Å². The fraction of sp³-hybridized carbons (Fsp3) is 0.182. The molecule has 0 fully saturated rings. The van der Waals surface area contributed by atoms with Gasteiger partial charge in [-0.3, -0.25) is 0 Å². The summed E-state index contributed by atoms with van der Waals surface area (Å²) in [5, 5.41) is 5.10. The molecule has 0 radical (unpaired) electrons. The minimum Gasteiger partial charge on any atom is -0.345 e. The third kappa shape index (κ3) is 2.31. The normalized spacial score (nSPS) is 12.5. The van der Waals surface area contributed by atoms with Crippen molar-refractivity contribution in [2.45, 2.75) is 0 Å². The molecule has 0 aliphatic carbocycles. The van der Waals surface area contributed by atoms with Crippen molar-refractivity contribution in [3.8, 4) is 0 Å². The van der Waals surface area contributed by atoms with E-state index in [1.807, 2.05) is 18.3 Å². The fourth-order valence-electron chi connectivity index (χ4n) is 1.54. The molecule has 0 aliphatic heterocycles. The number of aliphatic imine (C=N–C) groups is 1. The van der Waals surface area contributed by atoms with E-state index in [0.717, 1.165) is 16.6 Å². The number of amidine groups is 1. The van der Waals surface area contributed by atoms with Crippen molar-refractivity contribution in [3.05, 3.63) is 30.1 Å². The lowest BCUT2D eigenvalue weighted by molar-refractivity contribution is 0.898. The molecule has 88 valence electrons. The van der Waals surface area contributed by atoms with E-state index >= 15 is 0 Å². The number of rotatable bonds is 3. The molecular weight excluding hydrogens is 216 g/mol. The van der Waals surface area contributed by atoms with E-state index in [0.29, 0.717) is 12.4 Å². The van der Waals surface area contributed by atoms with Crippen LogP contribution in [0.2, 0.25) is 0 Å². The monoisotopic (exact) mass is 230 g/mol. The standard InChI is InChI=1S/C11H14N6/c1-13-17-11(15-6-4-12)9-7-16-10-8(9)3-2-5-14-10/h2-3,5-7,13H,4,12H2,1H3,(H,14,16)/b15-6?,17-11-. The quantitative estimate of drug-likeness (QED) is 0.406. The maximum absolute atomic E-state index is 5.39. The van der Waals surface area contributed by atoms with E-state index in [9.17, 15) is 0 Å². The van der Waals surface area contributed by atoms with E-state index in [4.69, 9.17) is 5.73 Å². The molecule has 6 nitrogen and oxygen atoms in total. The topological polar surface area (TPSA) is 91.5 Å². The van der Waals surface area contributed by atoms with Crippen LogP contribution in [0.15, 0.2) is 34.6 Å². The lowest BCUT2D eigenvalue weighted by atomic mass is 10.2. The van der Waals surface area contributed by atoms with Crippen molar-refractivity contribution in [1.29, 1.82) is 0 Å². The van der Waals surface area contributed by atoms with Gasteiger partial charge in [0.2, 0.25) is 0 Å². The molecule has 0 unspecified atom stereocenters. The zero-order valence-corrected chi connectivity index (χ0v) is 9.51. The molecule has 0 atom stereocenters. The molecule has 2 aromatic rings. The summed E-state index contributed by atoms with van der Waals surface area (Å²) in [6.07, 6.45) is 5.19. The number of hydrogen-bond acceptors (Lipinski definition) is 4. The summed E-state index contributed by atoms with van der Waals surface area (Å²) < 4.78 is 0. The molecule has 0 saturated carbocycles. The van der Waals surface area contributed by atoms with Crippen molar-refractivity contribution < 1.29 is 0 Å². The van der Waals surface area contributed by atoms with E-state index in [-0.39, 0.29) is 0 Å². The van der Waals surface area contributed by atoms with Gasteiger partial charge in [-0.15, -0.1) is 0 Å². The first kappa shape index (κ1) is 11.3. The predicted molar refractivity (Wildman–Crippen MR) is 69.2 cm³/mol. The number of fused-ring (bicyclic) bond motifs is 1. The molecule has 0 saturated heterocycles. The summed E-state index contributed by atoms with van der Waals surface area (Å²) in [6, 6.07) is 3.85. The number of nitrogens with one attached hydrogen (secondary N) is 2. The average molecular weight is 230 g/mol. The Bertz CT molecular complexity index is 554. The molecule has 0 bridgehead atoms. The molecule has 6 heteroatoms. The van der Waals surface area contributed by atoms with Crippen molar-refractivity contribution in [1.82, 2.24) is 15.4 Å². The second kappa shape index (κ2) is 5.22. The first-order valence-corrected chi connectivity index (χ1v) is 5.26. The molecule has 0 aromatic carbocycles. The van der Waals surface area contributed by atoms with Gasteiger partial charge in [0, 0.05) is 43.2 Å². The number of aromatic nitrogens is 2. The Labute approximate surface area is 98.7 Å². The summed E-state index contributed by atoms with van der Waals surface area (Å²) in [6.45, 7) is 0.378. The summed E-state index contributed by atoms with van der Waals surface area (Å²) in [5.74, 6) is 0.581. The Morgan fingerprint density at radius 1 is 1.65 bits per heavy atom. The van der Waals surface area contributed by atoms with Gasteiger partial charge in [0.1, 0.15) is 5.65 Å². The maximum Gasteiger partial charge on any atom is 0.180 e. The predicted octanol–water partition coefficient (Wildman–Crippen LogP) is 0.473. The number of pyridine rings is 1. The average Bonchev–Trinajstić information content (AvgIpc) is 2.78. The molecule has 2 rings (SSSR count). The number of hydrogen-bond donors (Lipinski definition) is 3. The van der Waals surface area contributed by atoms with Crippen molar-refractivity contribution >= 4 is 23.1 Å². The smallest absolute Gasteiger partial charge is 0.180 e. The van der Waals surface area contributed by atoms with Gasteiger partial charge >= 0.3 is 0 Å². The highest BCUT2D eigenvalue weighted by molar-refractivity contribution is 6.11. The highest BCUT2D eigenvalue weighted by Crippen LogP contribution is 2.16. The minimum absolute atomic E-state index is 0.378. The molecular formula is C11H14N6. The molecule has 2 heterocycles. The van der Waals surface area contributed by atoms with Gasteiger partial charge in [0.15, 0.2) is 5.84 Å². The number of hydrazone groups is 1. The Morgan fingerprint density at radius 3 is 3.29 bits per heavy atom. The van der Waals surface area contributed by atoms with Crippen molar-refractivity contribution in [2.24, 2.45) is 15.8 Å². The zero-order chi connectivity index (χ0) is 12.1. The van der Waals surface area contributed by atoms with Crippen LogP contribution in [-0.4, -0.2) is 35.6 Å². The summed E-state index contributed by atoms with van der Waals surface area (Å²) in [5.41, 5.74) is 9.83. The van der Waals surface area contributed by atoms with Crippen LogP contribution in [0.4, 0.5) is 0 Å². The van der Waals surface area contributed by atoms with Crippen LogP contribution in [0, 0.1) is 0 Å². The summed E-state index contributed by atoms with van der Waals surface area (Å²) in [7, 11) is 1.73. The largest absolute Gasteiger partial charge is 0.345 e. The maximum atomic E-state index is 5.39. The van der Waals surface area contributed by atoms with E-state index in [1.54, 1.807) is 19.5 Å². The van der Waals surface area contributed by atoms with Crippen molar-refractivity contribution in [2.75, 3.05) is 13.6 Å². The van der Waals surface area contributed by atoms with Crippen molar-refractivity contribution in [3.63, 3.8) is 0 Å². The van der Waals surface area contributed by atoms with Crippen LogP contribution in [0.3, 0.4) is 0 Å². The lowest BCUT2D eigenvalue weighted by Gasteiger charge is -1.98.